The Morgan fingerprint density at radius 1 is 1.27 bits per heavy atom. The molecule has 0 fully saturated rings. The second-order valence-corrected chi connectivity index (χ2v) is 8.72. The Morgan fingerprint density at radius 2 is 2.04 bits per heavy atom. The summed E-state index contributed by atoms with van der Waals surface area (Å²) in [5.41, 5.74) is 1.67. The molecule has 2 heterocycles. The number of rotatable bonds is 4. The van der Waals surface area contributed by atoms with Gasteiger partial charge in [-0.2, -0.15) is 0 Å². The molecule has 7 heteroatoms. The van der Waals surface area contributed by atoms with E-state index in [1.54, 1.807) is 55.4 Å². The number of pyridine rings is 1. The van der Waals surface area contributed by atoms with Crippen LogP contribution >= 0.6 is 0 Å². The van der Waals surface area contributed by atoms with Gasteiger partial charge in [0, 0.05) is 31.5 Å². The molecule has 1 aliphatic rings. The third-order valence-corrected chi connectivity index (χ3v) is 6.29. The first kappa shape index (κ1) is 18.5. The molecule has 1 amide bonds. The first-order valence-electron chi connectivity index (χ1n) is 8.56. The summed E-state index contributed by atoms with van der Waals surface area (Å²) in [6.07, 6.45) is 4.89. The van der Waals surface area contributed by atoms with Gasteiger partial charge in [-0.05, 0) is 62.1 Å². The minimum atomic E-state index is -3.72. The number of nitrogens with zero attached hydrogens (tertiary/aromatic N) is 2. The second-order valence-electron chi connectivity index (χ2n) is 7.04. The molecule has 1 aromatic heterocycles. The first-order valence-corrected chi connectivity index (χ1v) is 10.0. The molecule has 2 aromatic rings. The van der Waals surface area contributed by atoms with Crippen LogP contribution in [0.5, 0.6) is 0 Å². The van der Waals surface area contributed by atoms with Gasteiger partial charge in [-0.25, -0.2) is 13.1 Å². The van der Waals surface area contributed by atoms with Crippen LogP contribution in [0.1, 0.15) is 38.3 Å². The highest BCUT2D eigenvalue weighted by Gasteiger charge is 2.29. The van der Waals surface area contributed by atoms with Gasteiger partial charge in [0.25, 0.3) is 0 Å². The number of hydrogen-bond donors (Lipinski definition) is 1. The molecule has 1 aliphatic heterocycles. The fraction of sp³-hybridized carbons (Fsp3) is 0.368. The fourth-order valence-electron chi connectivity index (χ4n) is 3.25. The standard InChI is InChI=1S/C19H23N3O3S/c1-14(23)22-11-5-6-15-12-17(8-9-18(15)22)26(24,25)21-19(2,3)16-7-4-10-20-13-16/h4,7-10,12-13,21H,5-6,11H2,1-3H3. The van der Waals surface area contributed by atoms with Crippen molar-refractivity contribution in [3.63, 3.8) is 0 Å². The van der Waals surface area contributed by atoms with E-state index in [4.69, 9.17) is 0 Å². The summed E-state index contributed by atoms with van der Waals surface area (Å²) in [5, 5.41) is 0. The van der Waals surface area contributed by atoms with Crippen molar-refractivity contribution in [2.24, 2.45) is 0 Å². The number of fused-ring (bicyclic) bond motifs is 1. The Labute approximate surface area is 154 Å². The van der Waals surface area contributed by atoms with E-state index in [0.717, 1.165) is 29.7 Å². The lowest BCUT2D eigenvalue weighted by Gasteiger charge is -2.30. The summed E-state index contributed by atoms with van der Waals surface area (Å²) in [6.45, 7) is 5.80. The van der Waals surface area contributed by atoms with E-state index in [1.807, 2.05) is 6.07 Å². The van der Waals surface area contributed by atoms with Crippen molar-refractivity contribution < 1.29 is 13.2 Å². The molecule has 0 unspecified atom stereocenters. The molecule has 0 aliphatic carbocycles. The number of hydrogen-bond acceptors (Lipinski definition) is 4. The molecule has 26 heavy (non-hydrogen) atoms. The van der Waals surface area contributed by atoms with E-state index >= 15 is 0 Å². The molecular formula is C19H23N3O3S. The van der Waals surface area contributed by atoms with Crippen molar-refractivity contribution in [1.29, 1.82) is 0 Å². The van der Waals surface area contributed by atoms with Crippen molar-refractivity contribution in [3.05, 3.63) is 53.9 Å². The molecule has 0 radical (unpaired) electrons. The minimum Gasteiger partial charge on any atom is -0.312 e. The molecule has 0 saturated carbocycles. The summed E-state index contributed by atoms with van der Waals surface area (Å²) >= 11 is 0. The van der Waals surface area contributed by atoms with Gasteiger partial charge in [-0.15, -0.1) is 0 Å². The van der Waals surface area contributed by atoms with Gasteiger partial charge in [0.2, 0.25) is 15.9 Å². The van der Waals surface area contributed by atoms with E-state index in [9.17, 15) is 13.2 Å². The van der Waals surface area contributed by atoms with Crippen LogP contribution in [0.4, 0.5) is 5.69 Å². The molecule has 0 bridgehead atoms. The Morgan fingerprint density at radius 3 is 2.69 bits per heavy atom. The molecular weight excluding hydrogens is 350 g/mol. The number of sulfonamides is 1. The summed E-state index contributed by atoms with van der Waals surface area (Å²) in [6, 6.07) is 8.57. The maximum Gasteiger partial charge on any atom is 0.241 e. The van der Waals surface area contributed by atoms with Crippen LogP contribution in [0, 0.1) is 0 Å². The Kier molecular flexibility index (Phi) is 4.86. The summed E-state index contributed by atoms with van der Waals surface area (Å²) < 4.78 is 28.6. The average Bonchev–Trinajstić information content (AvgIpc) is 2.60. The normalized spacial score (nSPS) is 14.8. The number of anilines is 1. The van der Waals surface area contributed by atoms with Crippen molar-refractivity contribution in [1.82, 2.24) is 9.71 Å². The highest BCUT2D eigenvalue weighted by molar-refractivity contribution is 7.89. The zero-order chi connectivity index (χ0) is 18.9. The van der Waals surface area contributed by atoms with E-state index in [2.05, 4.69) is 9.71 Å². The molecule has 3 rings (SSSR count). The van der Waals surface area contributed by atoms with E-state index < -0.39 is 15.6 Å². The molecule has 1 aromatic carbocycles. The van der Waals surface area contributed by atoms with Gasteiger partial charge in [0.05, 0.1) is 10.4 Å². The van der Waals surface area contributed by atoms with Crippen LogP contribution in [-0.2, 0) is 26.8 Å². The first-order chi connectivity index (χ1) is 12.2. The van der Waals surface area contributed by atoms with Gasteiger partial charge < -0.3 is 4.90 Å². The number of carbonyl (C=O) groups excluding carboxylic acids is 1. The lowest BCUT2D eigenvalue weighted by Crippen LogP contribution is -2.41. The third kappa shape index (κ3) is 3.64. The highest BCUT2D eigenvalue weighted by atomic mass is 32.2. The van der Waals surface area contributed by atoms with Gasteiger partial charge >= 0.3 is 0 Å². The predicted molar refractivity (Wildman–Crippen MR) is 100 cm³/mol. The number of amides is 1. The lowest BCUT2D eigenvalue weighted by molar-refractivity contribution is -0.116. The van der Waals surface area contributed by atoms with Crippen LogP contribution in [0.15, 0.2) is 47.6 Å². The monoisotopic (exact) mass is 373 g/mol. The number of aryl methyl sites for hydroxylation is 1. The van der Waals surface area contributed by atoms with Crippen molar-refractivity contribution in [2.45, 2.75) is 44.0 Å². The van der Waals surface area contributed by atoms with Crippen LogP contribution in [-0.4, -0.2) is 25.9 Å². The minimum absolute atomic E-state index is 0.0302. The molecule has 138 valence electrons. The van der Waals surface area contributed by atoms with E-state index in [-0.39, 0.29) is 10.8 Å². The zero-order valence-electron chi connectivity index (χ0n) is 15.2. The van der Waals surface area contributed by atoms with Crippen LogP contribution in [0.2, 0.25) is 0 Å². The average molecular weight is 373 g/mol. The molecule has 6 nitrogen and oxygen atoms in total. The Balaban J connectivity index is 1.92. The van der Waals surface area contributed by atoms with Crippen LogP contribution in [0.25, 0.3) is 0 Å². The van der Waals surface area contributed by atoms with E-state index in [1.165, 1.54) is 6.92 Å². The predicted octanol–water partition coefficient (Wildman–Crippen LogP) is 2.59. The molecule has 0 atom stereocenters. The fourth-order valence-corrected chi connectivity index (χ4v) is 4.71. The van der Waals surface area contributed by atoms with Gasteiger partial charge in [0.15, 0.2) is 0 Å². The number of carbonyl (C=O) groups is 1. The van der Waals surface area contributed by atoms with Crippen LogP contribution in [0.3, 0.4) is 0 Å². The topological polar surface area (TPSA) is 79.4 Å². The van der Waals surface area contributed by atoms with Crippen molar-refractivity contribution in [2.75, 3.05) is 11.4 Å². The number of benzene rings is 1. The summed E-state index contributed by atoms with van der Waals surface area (Å²) in [7, 11) is -3.72. The van der Waals surface area contributed by atoms with Crippen molar-refractivity contribution in [3.8, 4) is 0 Å². The maximum absolute atomic E-state index is 12.9. The highest BCUT2D eigenvalue weighted by Crippen LogP contribution is 2.30. The van der Waals surface area contributed by atoms with E-state index in [0.29, 0.717) is 6.54 Å². The SMILES string of the molecule is CC(=O)N1CCCc2cc(S(=O)(=O)NC(C)(C)c3cccnc3)ccc21. The maximum atomic E-state index is 12.9. The third-order valence-electron chi connectivity index (χ3n) is 4.63. The Bertz CT molecular complexity index is 924. The second kappa shape index (κ2) is 6.81. The smallest absolute Gasteiger partial charge is 0.241 e. The lowest BCUT2D eigenvalue weighted by atomic mass is 9.98. The molecule has 0 saturated heterocycles. The number of nitrogens with one attached hydrogen (secondary N) is 1. The van der Waals surface area contributed by atoms with Gasteiger partial charge in [0.1, 0.15) is 0 Å². The van der Waals surface area contributed by atoms with Gasteiger partial charge in [-0.3, -0.25) is 9.78 Å². The quantitative estimate of drug-likeness (QED) is 0.893. The Hall–Kier alpha value is -2.25. The van der Waals surface area contributed by atoms with Gasteiger partial charge in [-0.1, -0.05) is 6.07 Å². The summed E-state index contributed by atoms with van der Waals surface area (Å²) in [4.78, 5) is 17.7. The molecule has 1 N–H and O–H groups in total. The zero-order valence-corrected chi connectivity index (χ0v) is 16.0. The summed E-state index contributed by atoms with van der Waals surface area (Å²) in [5.74, 6) is -0.0302. The van der Waals surface area contributed by atoms with Crippen LogP contribution < -0.4 is 9.62 Å². The largest absolute Gasteiger partial charge is 0.312 e. The number of aromatic nitrogens is 1. The van der Waals surface area contributed by atoms with Crippen molar-refractivity contribution >= 4 is 21.6 Å². The molecule has 0 spiro atoms.